The van der Waals surface area contributed by atoms with Crippen LogP contribution in [0.4, 0.5) is 0 Å². The Kier molecular flexibility index (Phi) is 6.04. The second-order valence-electron chi connectivity index (χ2n) is 8.06. The van der Waals surface area contributed by atoms with Crippen LogP contribution in [-0.2, 0) is 0 Å². The zero-order valence-corrected chi connectivity index (χ0v) is 17.0. The van der Waals surface area contributed by atoms with Crippen molar-refractivity contribution in [3.63, 3.8) is 0 Å². The molecular formula is C24H27NO5. The fourth-order valence-corrected chi connectivity index (χ4v) is 4.10. The molecule has 1 aliphatic carbocycles. The van der Waals surface area contributed by atoms with E-state index in [2.05, 4.69) is 0 Å². The molecule has 0 bridgehead atoms. The summed E-state index contributed by atoms with van der Waals surface area (Å²) in [5.41, 5.74) is 0.113. The second-order valence-corrected chi connectivity index (χ2v) is 8.06. The van der Waals surface area contributed by atoms with Gasteiger partial charge in [-0.2, -0.15) is 0 Å². The molecule has 0 spiro atoms. The number of ether oxygens (including phenoxy) is 2. The second kappa shape index (κ2) is 8.88. The standard InChI is InChI=1S/C24H27NO5/c26-22-20-10-3-4-11-21(20)23(27)25(22)14-15-29-18-8-7-9-19(16-18)30-17-24(28)12-5-1-2-6-13-24/h3-4,7-11,16,28H,1-2,5-6,12-15,17H2. The van der Waals surface area contributed by atoms with Crippen molar-refractivity contribution < 1.29 is 24.2 Å². The van der Waals surface area contributed by atoms with Gasteiger partial charge in [0.05, 0.1) is 23.3 Å². The molecule has 2 aromatic carbocycles. The van der Waals surface area contributed by atoms with Crippen molar-refractivity contribution in [2.24, 2.45) is 0 Å². The van der Waals surface area contributed by atoms with Crippen molar-refractivity contribution >= 4 is 11.8 Å². The van der Waals surface area contributed by atoms with E-state index in [-0.39, 0.29) is 31.6 Å². The van der Waals surface area contributed by atoms with Gasteiger partial charge in [0.2, 0.25) is 0 Å². The average Bonchev–Trinajstić information content (AvgIpc) is 2.90. The number of imide groups is 1. The van der Waals surface area contributed by atoms with E-state index < -0.39 is 5.60 Å². The summed E-state index contributed by atoms with van der Waals surface area (Å²) in [6.45, 7) is 0.640. The molecule has 0 radical (unpaired) electrons. The van der Waals surface area contributed by atoms with Crippen LogP contribution in [0.1, 0.15) is 59.2 Å². The van der Waals surface area contributed by atoms with Gasteiger partial charge in [0.25, 0.3) is 11.8 Å². The summed E-state index contributed by atoms with van der Waals surface area (Å²) in [6, 6.07) is 14.1. The minimum absolute atomic E-state index is 0.178. The molecule has 1 fully saturated rings. The topological polar surface area (TPSA) is 76.1 Å². The number of nitrogens with zero attached hydrogens (tertiary/aromatic N) is 1. The Morgan fingerprint density at radius 3 is 2.07 bits per heavy atom. The van der Waals surface area contributed by atoms with Gasteiger partial charge in [-0.3, -0.25) is 14.5 Å². The number of carbonyl (C=O) groups is 2. The van der Waals surface area contributed by atoms with Gasteiger partial charge in [-0.25, -0.2) is 0 Å². The maximum atomic E-state index is 12.4. The first-order chi connectivity index (χ1) is 14.6. The molecule has 2 amide bonds. The molecule has 30 heavy (non-hydrogen) atoms. The normalized spacial score (nSPS) is 18.1. The number of carbonyl (C=O) groups excluding carboxylic acids is 2. The Hall–Kier alpha value is -2.86. The molecule has 1 N–H and O–H groups in total. The first kappa shape index (κ1) is 20.4. The van der Waals surface area contributed by atoms with Crippen molar-refractivity contribution in [3.8, 4) is 11.5 Å². The predicted molar refractivity (Wildman–Crippen MR) is 112 cm³/mol. The van der Waals surface area contributed by atoms with E-state index in [1.165, 1.54) is 17.7 Å². The molecule has 0 atom stereocenters. The van der Waals surface area contributed by atoms with Gasteiger partial charge in [0, 0.05) is 6.07 Å². The quantitative estimate of drug-likeness (QED) is 0.556. The van der Waals surface area contributed by atoms with Gasteiger partial charge >= 0.3 is 0 Å². The molecule has 0 unspecified atom stereocenters. The summed E-state index contributed by atoms with van der Waals surface area (Å²) in [7, 11) is 0. The first-order valence-corrected chi connectivity index (χ1v) is 10.6. The fourth-order valence-electron chi connectivity index (χ4n) is 4.10. The molecule has 1 aliphatic heterocycles. The lowest BCUT2D eigenvalue weighted by Gasteiger charge is -2.26. The summed E-state index contributed by atoms with van der Waals surface area (Å²) in [6.07, 6.45) is 5.92. The van der Waals surface area contributed by atoms with Crippen LogP contribution in [0.25, 0.3) is 0 Å². The van der Waals surface area contributed by atoms with E-state index in [4.69, 9.17) is 9.47 Å². The number of rotatable bonds is 7. The average molecular weight is 409 g/mol. The van der Waals surface area contributed by atoms with Gasteiger partial charge in [-0.1, -0.05) is 43.9 Å². The highest BCUT2D eigenvalue weighted by Crippen LogP contribution is 2.29. The van der Waals surface area contributed by atoms with Crippen LogP contribution >= 0.6 is 0 Å². The Morgan fingerprint density at radius 1 is 0.833 bits per heavy atom. The van der Waals surface area contributed by atoms with Crippen LogP contribution in [-0.4, -0.2) is 47.2 Å². The number of benzene rings is 2. The van der Waals surface area contributed by atoms with Crippen molar-refractivity contribution in [2.75, 3.05) is 19.8 Å². The van der Waals surface area contributed by atoms with E-state index in [1.54, 1.807) is 36.4 Å². The highest BCUT2D eigenvalue weighted by molar-refractivity contribution is 6.21. The summed E-state index contributed by atoms with van der Waals surface area (Å²) in [5.74, 6) is 0.656. The number of fused-ring (bicyclic) bond motifs is 1. The first-order valence-electron chi connectivity index (χ1n) is 10.6. The van der Waals surface area contributed by atoms with Gasteiger partial charge in [-0.05, 0) is 37.1 Å². The van der Waals surface area contributed by atoms with Crippen LogP contribution < -0.4 is 9.47 Å². The lowest BCUT2D eigenvalue weighted by atomic mass is 9.96. The number of hydrogen-bond donors (Lipinski definition) is 1. The molecule has 6 heteroatoms. The van der Waals surface area contributed by atoms with E-state index in [0.29, 0.717) is 22.6 Å². The zero-order chi connectivity index (χ0) is 21.0. The molecule has 2 aromatic rings. The molecule has 158 valence electrons. The largest absolute Gasteiger partial charge is 0.492 e. The molecule has 1 saturated carbocycles. The maximum absolute atomic E-state index is 12.4. The SMILES string of the molecule is O=C1c2ccccc2C(=O)N1CCOc1cccc(OCC2(O)CCCCCC2)c1. The maximum Gasteiger partial charge on any atom is 0.261 e. The van der Waals surface area contributed by atoms with Gasteiger partial charge in [0.15, 0.2) is 0 Å². The Labute approximate surface area is 176 Å². The van der Waals surface area contributed by atoms with Gasteiger partial charge in [-0.15, -0.1) is 0 Å². The summed E-state index contributed by atoms with van der Waals surface area (Å²) < 4.78 is 11.6. The summed E-state index contributed by atoms with van der Waals surface area (Å²) >= 11 is 0. The van der Waals surface area contributed by atoms with Crippen LogP contribution in [0, 0.1) is 0 Å². The smallest absolute Gasteiger partial charge is 0.261 e. The lowest BCUT2D eigenvalue weighted by Crippen LogP contribution is -2.35. The van der Waals surface area contributed by atoms with E-state index >= 15 is 0 Å². The van der Waals surface area contributed by atoms with E-state index in [1.807, 2.05) is 12.1 Å². The zero-order valence-electron chi connectivity index (χ0n) is 17.0. The molecule has 2 aliphatic rings. The summed E-state index contributed by atoms with van der Waals surface area (Å²) in [5, 5.41) is 10.7. The van der Waals surface area contributed by atoms with Gasteiger partial charge < -0.3 is 14.6 Å². The van der Waals surface area contributed by atoms with Crippen molar-refractivity contribution in [2.45, 2.75) is 44.1 Å². The molecule has 0 saturated heterocycles. The molecule has 6 nitrogen and oxygen atoms in total. The fraction of sp³-hybridized carbons (Fsp3) is 0.417. The molecule has 4 rings (SSSR count). The summed E-state index contributed by atoms with van der Waals surface area (Å²) in [4.78, 5) is 26.0. The van der Waals surface area contributed by atoms with Crippen molar-refractivity contribution in [3.05, 3.63) is 59.7 Å². The van der Waals surface area contributed by atoms with Crippen LogP contribution in [0.5, 0.6) is 11.5 Å². The minimum Gasteiger partial charge on any atom is -0.492 e. The molecule has 0 aromatic heterocycles. The van der Waals surface area contributed by atoms with Crippen LogP contribution in [0.15, 0.2) is 48.5 Å². The van der Waals surface area contributed by atoms with E-state index in [0.717, 1.165) is 25.7 Å². The molecular weight excluding hydrogens is 382 g/mol. The van der Waals surface area contributed by atoms with Crippen LogP contribution in [0.2, 0.25) is 0 Å². The third-order valence-electron chi connectivity index (χ3n) is 5.81. The molecule has 1 heterocycles. The van der Waals surface area contributed by atoms with Crippen molar-refractivity contribution in [1.29, 1.82) is 0 Å². The Bertz CT molecular complexity index is 882. The number of aliphatic hydroxyl groups is 1. The predicted octanol–water partition coefficient (Wildman–Crippen LogP) is 3.83. The minimum atomic E-state index is -0.765. The van der Waals surface area contributed by atoms with Crippen molar-refractivity contribution in [1.82, 2.24) is 4.90 Å². The third kappa shape index (κ3) is 4.49. The highest BCUT2D eigenvalue weighted by atomic mass is 16.5. The number of amides is 2. The third-order valence-corrected chi connectivity index (χ3v) is 5.81. The number of hydrogen-bond acceptors (Lipinski definition) is 5. The van der Waals surface area contributed by atoms with E-state index in [9.17, 15) is 14.7 Å². The highest BCUT2D eigenvalue weighted by Gasteiger charge is 2.34. The Balaban J connectivity index is 1.30. The van der Waals surface area contributed by atoms with Crippen LogP contribution in [0.3, 0.4) is 0 Å². The Morgan fingerprint density at radius 2 is 1.43 bits per heavy atom. The van der Waals surface area contributed by atoms with Gasteiger partial charge in [0.1, 0.15) is 24.7 Å². The monoisotopic (exact) mass is 409 g/mol. The lowest BCUT2D eigenvalue weighted by molar-refractivity contribution is -0.0174.